The van der Waals surface area contributed by atoms with Crippen LogP contribution in [0, 0.1) is 0 Å². The van der Waals surface area contributed by atoms with Gasteiger partial charge in [0, 0.05) is 35.4 Å². The molecule has 0 atom stereocenters. The maximum Gasteiger partial charge on any atom is 0.346 e. The van der Waals surface area contributed by atoms with E-state index in [2.05, 4.69) is 15.4 Å². The van der Waals surface area contributed by atoms with E-state index in [1.165, 1.54) is 4.68 Å². The number of thiophene rings is 1. The molecule has 0 aromatic carbocycles. The summed E-state index contributed by atoms with van der Waals surface area (Å²) < 4.78 is 3.19. The van der Waals surface area contributed by atoms with Crippen molar-refractivity contribution in [2.24, 2.45) is 0 Å². The van der Waals surface area contributed by atoms with Crippen LogP contribution in [0.4, 0.5) is 0 Å². The summed E-state index contributed by atoms with van der Waals surface area (Å²) in [5.74, 6) is 0.602. The van der Waals surface area contributed by atoms with Crippen LogP contribution >= 0.6 is 11.3 Å². The van der Waals surface area contributed by atoms with Gasteiger partial charge >= 0.3 is 5.69 Å². The zero-order chi connectivity index (χ0) is 17.9. The standard InChI is InChI=1S/C18H19N5O2S/c24-16(11-15-4-2-10-26-15)20-8-9-22-18(25)23(14-5-6-14)17(21-22)13-3-1-7-19-12-13/h1-4,7,10,12,14H,5-6,8-9,11H2,(H,20,24). The number of hydrogen-bond donors (Lipinski definition) is 1. The van der Waals surface area contributed by atoms with Crippen LogP contribution in [0.3, 0.4) is 0 Å². The molecule has 0 bridgehead atoms. The van der Waals surface area contributed by atoms with Crippen LogP contribution in [0.5, 0.6) is 0 Å². The van der Waals surface area contributed by atoms with Crippen molar-refractivity contribution in [3.63, 3.8) is 0 Å². The third kappa shape index (κ3) is 3.60. The number of aromatic nitrogens is 4. The van der Waals surface area contributed by atoms with Gasteiger partial charge in [-0.3, -0.25) is 14.3 Å². The summed E-state index contributed by atoms with van der Waals surface area (Å²) in [4.78, 5) is 29.8. The molecule has 1 saturated carbocycles. The van der Waals surface area contributed by atoms with Gasteiger partial charge in [-0.1, -0.05) is 6.07 Å². The van der Waals surface area contributed by atoms with E-state index >= 15 is 0 Å². The van der Waals surface area contributed by atoms with Crippen molar-refractivity contribution in [1.82, 2.24) is 24.6 Å². The van der Waals surface area contributed by atoms with Crippen molar-refractivity contribution < 1.29 is 4.79 Å². The van der Waals surface area contributed by atoms with Gasteiger partial charge in [-0.25, -0.2) is 9.48 Å². The summed E-state index contributed by atoms with van der Waals surface area (Å²) in [5, 5.41) is 9.30. The second-order valence-corrected chi connectivity index (χ2v) is 7.31. The summed E-state index contributed by atoms with van der Waals surface area (Å²) in [7, 11) is 0. The molecule has 0 spiro atoms. The van der Waals surface area contributed by atoms with Gasteiger partial charge in [-0.15, -0.1) is 16.4 Å². The van der Waals surface area contributed by atoms with E-state index in [1.807, 2.05) is 29.6 Å². The van der Waals surface area contributed by atoms with Crippen LogP contribution in [0.15, 0.2) is 46.8 Å². The number of rotatable bonds is 7. The molecule has 3 aromatic rings. The molecule has 1 aliphatic rings. The van der Waals surface area contributed by atoms with Crippen LogP contribution in [-0.4, -0.2) is 31.8 Å². The minimum Gasteiger partial charge on any atom is -0.354 e. The smallest absolute Gasteiger partial charge is 0.346 e. The molecule has 4 rings (SSSR count). The Morgan fingerprint density at radius 3 is 2.88 bits per heavy atom. The van der Waals surface area contributed by atoms with E-state index in [0.717, 1.165) is 23.3 Å². The molecule has 0 aliphatic heterocycles. The van der Waals surface area contributed by atoms with Crippen molar-refractivity contribution in [1.29, 1.82) is 0 Å². The van der Waals surface area contributed by atoms with Gasteiger partial charge in [-0.2, -0.15) is 0 Å². The number of amides is 1. The Hall–Kier alpha value is -2.74. The third-order valence-electron chi connectivity index (χ3n) is 4.26. The second kappa shape index (κ2) is 7.25. The Morgan fingerprint density at radius 1 is 1.31 bits per heavy atom. The normalized spacial score (nSPS) is 13.7. The molecular formula is C18H19N5O2S. The Kier molecular flexibility index (Phi) is 4.66. The van der Waals surface area contributed by atoms with Crippen molar-refractivity contribution in [2.45, 2.75) is 31.8 Å². The Morgan fingerprint density at radius 2 is 2.19 bits per heavy atom. The number of carbonyl (C=O) groups excluding carboxylic acids is 1. The molecule has 0 saturated heterocycles. The molecule has 1 aliphatic carbocycles. The minimum atomic E-state index is -0.126. The van der Waals surface area contributed by atoms with Gasteiger partial charge in [0.25, 0.3) is 0 Å². The predicted octanol–water partition coefficient (Wildman–Crippen LogP) is 1.86. The van der Waals surface area contributed by atoms with Crippen molar-refractivity contribution in [3.8, 4) is 11.4 Å². The number of pyridine rings is 1. The highest BCUT2D eigenvalue weighted by Gasteiger charge is 2.30. The van der Waals surface area contributed by atoms with E-state index < -0.39 is 0 Å². The number of carbonyl (C=O) groups is 1. The molecule has 1 amide bonds. The zero-order valence-corrected chi connectivity index (χ0v) is 15.0. The molecule has 7 nitrogen and oxygen atoms in total. The number of hydrogen-bond acceptors (Lipinski definition) is 5. The van der Waals surface area contributed by atoms with Crippen molar-refractivity contribution in [2.75, 3.05) is 6.54 Å². The Balaban J connectivity index is 1.45. The second-order valence-electron chi connectivity index (χ2n) is 6.28. The molecular weight excluding hydrogens is 350 g/mol. The first-order valence-electron chi connectivity index (χ1n) is 8.61. The molecule has 1 fully saturated rings. The largest absolute Gasteiger partial charge is 0.354 e. The fourth-order valence-electron chi connectivity index (χ4n) is 2.85. The van der Waals surface area contributed by atoms with Gasteiger partial charge in [-0.05, 0) is 36.4 Å². The highest BCUT2D eigenvalue weighted by molar-refractivity contribution is 7.10. The van der Waals surface area contributed by atoms with Crippen LogP contribution < -0.4 is 11.0 Å². The number of nitrogens with zero attached hydrogens (tertiary/aromatic N) is 4. The first-order valence-corrected chi connectivity index (χ1v) is 9.49. The Bertz CT molecular complexity index is 942. The van der Waals surface area contributed by atoms with Crippen LogP contribution in [0.25, 0.3) is 11.4 Å². The lowest BCUT2D eigenvalue weighted by atomic mass is 10.3. The number of nitrogens with one attached hydrogen (secondary N) is 1. The highest BCUT2D eigenvalue weighted by atomic mass is 32.1. The summed E-state index contributed by atoms with van der Waals surface area (Å²) in [6.45, 7) is 0.722. The first-order chi connectivity index (χ1) is 12.7. The van der Waals surface area contributed by atoms with Gasteiger partial charge in [0.15, 0.2) is 5.82 Å². The Labute approximate surface area is 154 Å². The van der Waals surface area contributed by atoms with E-state index in [9.17, 15) is 9.59 Å². The van der Waals surface area contributed by atoms with Crippen LogP contribution in [-0.2, 0) is 17.8 Å². The van der Waals surface area contributed by atoms with Crippen LogP contribution in [0.2, 0.25) is 0 Å². The predicted molar refractivity (Wildman–Crippen MR) is 99.0 cm³/mol. The maximum atomic E-state index is 12.7. The lowest BCUT2D eigenvalue weighted by Gasteiger charge is -2.03. The summed E-state index contributed by atoms with van der Waals surface area (Å²) in [5.41, 5.74) is 0.704. The van der Waals surface area contributed by atoms with E-state index in [0.29, 0.717) is 25.3 Å². The average Bonchev–Trinajstić information content (AvgIpc) is 3.26. The van der Waals surface area contributed by atoms with Crippen LogP contribution in [0.1, 0.15) is 23.8 Å². The van der Waals surface area contributed by atoms with Gasteiger partial charge < -0.3 is 5.32 Å². The van der Waals surface area contributed by atoms with Crippen molar-refractivity contribution >= 4 is 17.2 Å². The van der Waals surface area contributed by atoms with Gasteiger partial charge in [0.05, 0.1) is 13.0 Å². The SMILES string of the molecule is O=C(Cc1cccs1)NCCn1nc(-c2cccnc2)n(C2CC2)c1=O. The summed E-state index contributed by atoms with van der Waals surface area (Å²) >= 11 is 1.56. The van der Waals surface area contributed by atoms with E-state index in [4.69, 9.17) is 0 Å². The van der Waals surface area contributed by atoms with Gasteiger partial charge in [0.1, 0.15) is 0 Å². The monoisotopic (exact) mass is 369 g/mol. The summed E-state index contributed by atoms with van der Waals surface area (Å²) in [6.07, 6.45) is 5.77. The fourth-order valence-corrected chi connectivity index (χ4v) is 3.56. The zero-order valence-electron chi connectivity index (χ0n) is 14.2. The molecule has 8 heteroatoms. The van der Waals surface area contributed by atoms with Crippen molar-refractivity contribution in [3.05, 3.63) is 57.4 Å². The topological polar surface area (TPSA) is 81.8 Å². The minimum absolute atomic E-state index is 0.0467. The van der Waals surface area contributed by atoms with Gasteiger partial charge in [0.2, 0.25) is 5.91 Å². The molecule has 3 aromatic heterocycles. The first kappa shape index (κ1) is 16.7. The average molecular weight is 369 g/mol. The molecule has 0 unspecified atom stereocenters. The quantitative estimate of drug-likeness (QED) is 0.689. The lowest BCUT2D eigenvalue weighted by molar-refractivity contribution is -0.120. The highest BCUT2D eigenvalue weighted by Crippen LogP contribution is 2.36. The molecule has 3 heterocycles. The maximum absolute atomic E-state index is 12.7. The molecule has 134 valence electrons. The van der Waals surface area contributed by atoms with E-state index in [-0.39, 0.29) is 17.6 Å². The summed E-state index contributed by atoms with van der Waals surface area (Å²) in [6, 6.07) is 7.82. The molecule has 26 heavy (non-hydrogen) atoms. The molecule has 1 N–H and O–H groups in total. The lowest BCUT2D eigenvalue weighted by Crippen LogP contribution is -2.32. The molecule has 0 radical (unpaired) electrons. The fraction of sp³-hybridized carbons (Fsp3) is 0.333. The van der Waals surface area contributed by atoms with E-state index in [1.54, 1.807) is 28.3 Å². The third-order valence-corrected chi connectivity index (χ3v) is 5.14.